The van der Waals surface area contributed by atoms with Crippen molar-refractivity contribution in [3.8, 4) is 0 Å². The van der Waals surface area contributed by atoms with Crippen molar-refractivity contribution in [3.05, 3.63) is 45.6 Å². The molecule has 6 nitrogen and oxygen atoms in total. The molecule has 1 aromatic heterocycles. The minimum Gasteiger partial charge on any atom is -0.444 e. The van der Waals surface area contributed by atoms with Crippen molar-refractivity contribution in [2.24, 2.45) is 7.05 Å². The lowest BCUT2D eigenvalue weighted by Crippen LogP contribution is -2.28. The smallest absolute Gasteiger partial charge is 0.413 e. The minimum absolute atomic E-state index is 0.485. The summed E-state index contributed by atoms with van der Waals surface area (Å²) in [4.78, 5) is 12.0. The summed E-state index contributed by atoms with van der Waals surface area (Å²) in [6.45, 7) is 8.88. The molecule has 0 fully saturated rings. The number of ether oxygens (including phenoxy) is 1. The molecule has 0 aliphatic heterocycles. The Morgan fingerprint density at radius 2 is 2.04 bits per heavy atom. The molecule has 1 aromatic carbocycles. The van der Waals surface area contributed by atoms with E-state index < -0.39 is 11.7 Å². The van der Waals surface area contributed by atoms with Gasteiger partial charge < -0.3 is 10.1 Å². The molecule has 0 unspecified atom stereocenters. The lowest BCUT2D eigenvalue weighted by Gasteiger charge is -2.20. The third kappa shape index (κ3) is 5.86. The van der Waals surface area contributed by atoms with Gasteiger partial charge in [0, 0.05) is 30.2 Å². The number of anilines is 1. The maximum absolute atomic E-state index is 12.0. The number of hydrogen-bond donors (Lipinski definition) is 2. The average Bonchev–Trinajstić information content (AvgIpc) is 2.82. The molecule has 0 spiro atoms. The molecule has 0 saturated heterocycles. The standard InChI is InChI=1S/C18H25BrN4O2/c1-12-8-13(6-7-15(12)19)9-20-10-14-11-21-23(5)16(14)22-17(24)25-18(2,3)4/h6-8,11,20H,9-10H2,1-5H3,(H,22,24). The van der Waals surface area contributed by atoms with Gasteiger partial charge >= 0.3 is 6.09 Å². The maximum atomic E-state index is 12.0. The van der Waals surface area contributed by atoms with E-state index in [4.69, 9.17) is 4.74 Å². The number of carbonyl (C=O) groups excluding carboxylic acids is 1. The zero-order valence-electron chi connectivity index (χ0n) is 15.3. The number of aryl methyl sites for hydroxylation is 2. The number of benzene rings is 1. The highest BCUT2D eigenvalue weighted by Crippen LogP contribution is 2.18. The van der Waals surface area contributed by atoms with Gasteiger partial charge in [-0.05, 0) is 44.9 Å². The maximum Gasteiger partial charge on any atom is 0.413 e. The molecule has 1 heterocycles. The Kier molecular flexibility index (Phi) is 6.24. The summed E-state index contributed by atoms with van der Waals surface area (Å²) >= 11 is 3.51. The van der Waals surface area contributed by atoms with Crippen LogP contribution in [0.2, 0.25) is 0 Å². The van der Waals surface area contributed by atoms with Gasteiger partial charge in [0.2, 0.25) is 0 Å². The summed E-state index contributed by atoms with van der Waals surface area (Å²) in [5.41, 5.74) is 2.77. The van der Waals surface area contributed by atoms with E-state index in [1.54, 1.807) is 17.9 Å². The first-order valence-electron chi connectivity index (χ1n) is 8.12. The fourth-order valence-electron chi connectivity index (χ4n) is 2.33. The van der Waals surface area contributed by atoms with Crippen LogP contribution in [0.1, 0.15) is 37.5 Å². The Morgan fingerprint density at radius 3 is 2.68 bits per heavy atom. The topological polar surface area (TPSA) is 68.2 Å². The van der Waals surface area contributed by atoms with Gasteiger partial charge in [-0.3, -0.25) is 10.00 Å². The lowest BCUT2D eigenvalue weighted by atomic mass is 10.1. The summed E-state index contributed by atoms with van der Waals surface area (Å²) in [5.74, 6) is 0.633. The predicted molar refractivity (Wildman–Crippen MR) is 102 cm³/mol. The van der Waals surface area contributed by atoms with Crippen LogP contribution in [-0.4, -0.2) is 21.5 Å². The van der Waals surface area contributed by atoms with E-state index in [0.717, 1.165) is 16.6 Å². The molecular weight excluding hydrogens is 384 g/mol. The van der Waals surface area contributed by atoms with Crippen LogP contribution < -0.4 is 10.6 Å². The first-order valence-corrected chi connectivity index (χ1v) is 8.91. The number of nitrogens with zero attached hydrogens (tertiary/aromatic N) is 2. The van der Waals surface area contributed by atoms with Crippen LogP contribution in [-0.2, 0) is 24.9 Å². The third-order valence-electron chi connectivity index (χ3n) is 3.50. The van der Waals surface area contributed by atoms with Gasteiger partial charge in [-0.2, -0.15) is 5.10 Å². The number of aromatic nitrogens is 2. The van der Waals surface area contributed by atoms with Gasteiger partial charge in [0.15, 0.2) is 0 Å². The van der Waals surface area contributed by atoms with Crippen molar-refractivity contribution in [1.82, 2.24) is 15.1 Å². The molecule has 2 rings (SSSR count). The highest BCUT2D eigenvalue weighted by atomic mass is 79.9. The first kappa shape index (κ1) is 19.5. The summed E-state index contributed by atoms with van der Waals surface area (Å²) in [7, 11) is 1.79. The van der Waals surface area contributed by atoms with Crippen LogP contribution in [0, 0.1) is 6.92 Å². The van der Waals surface area contributed by atoms with Crippen LogP contribution in [0.25, 0.3) is 0 Å². The highest BCUT2D eigenvalue weighted by molar-refractivity contribution is 9.10. The van der Waals surface area contributed by atoms with Crippen LogP contribution >= 0.6 is 15.9 Å². The normalized spacial score (nSPS) is 11.4. The molecule has 25 heavy (non-hydrogen) atoms. The van der Waals surface area contributed by atoms with Crippen LogP contribution in [0.15, 0.2) is 28.9 Å². The molecule has 7 heteroatoms. The van der Waals surface area contributed by atoms with Gasteiger partial charge in [0.1, 0.15) is 11.4 Å². The van der Waals surface area contributed by atoms with E-state index in [9.17, 15) is 4.79 Å². The number of amides is 1. The van der Waals surface area contributed by atoms with E-state index >= 15 is 0 Å². The number of rotatable bonds is 5. The molecule has 0 atom stereocenters. The van der Waals surface area contributed by atoms with Crippen molar-refractivity contribution in [2.45, 2.75) is 46.4 Å². The zero-order chi connectivity index (χ0) is 18.6. The van der Waals surface area contributed by atoms with Gasteiger partial charge in [-0.1, -0.05) is 28.1 Å². The zero-order valence-corrected chi connectivity index (χ0v) is 16.9. The Bertz CT molecular complexity index is 750. The van der Waals surface area contributed by atoms with Crippen LogP contribution in [0.3, 0.4) is 0 Å². The highest BCUT2D eigenvalue weighted by Gasteiger charge is 2.18. The van der Waals surface area contributed by atoms with Gasteiger partial charge in [0.05, 0.1) is 6.20 Å². The van der Waals surface area contributed by atoms with Crippen molar-refractivity contribution < 1.29 is 9.53 Å². The second kappa shape index (κ2) is 8.01. The van der Waals surface area contributed by atoms with E-state index in [1.165, 1.54) is 11.1 Å². The molecule has 0 saturated carbocycles. The summed E-state index contributed by atoms with van der Waals surface area (Å²) in [6, 6.07) is 6.26. The molecule has 2 aromatic rings. The molecule has 0 radical (unpaired) electrons. The molecule has 136 valence electrons. The quantitative estimate of drug-likeness (QED) is 0.780. The fraction of sp³-hybridized carbons (Fsp3) is 0.444. The van der Waals surface area contributed by atoms with E-state index in [1.807, 2.05) is 26.8 Å². The second-order valence-corrected chi connectivity index (χ2v) is 7.81. The Hall–Kier alpha value is -1.86. The molecule has 1 amide bonds. The largest absolute Gasteiger partial charge is 0.444 e. The van der Waals surface area contributed by atoms with Crippen molar-refractivity contribution in [2.75, 3.05) is 5.32 Å². The van der Waals surface area contributed by atoms with E-state index in [0.29, 0.717) is 12.4 Å². The summed E-state index contributed by atoms with van der Waals surface area (Å²) in [6.07, 6.45) is 1.26. The number of nitrogens with one attached hydrogen (secondary N) is 2. The van der Waals surface area contributed by atoms with Gasteiger partial charge in [-0.25, -0.2) is 4.79 Å². The second-order valence-electron chi connectivity index (χ2n) is 6.96. The molecule has 0 aliphatic rings. The van der Waals surface area contributed by atoms with Crippen LogP contribution in [0.4, 0.5) is 10.6 Å². The molecule has 2 N–H and O–H groups in total. The number of halogens is 1. The van der Waals surface area contributed by atoms with Gasteiger partial charge in [-0.15, -0.1) is 0 Å². The average molecular weight is 409 g/mol. The Balaban J connectivity index is 1.96. The fourth-order valence-corrected chi connectivity index (χ4v) is 2.58. The third-order valence-corrected chi connectivity index (χ3v) is 4.39. The van der Waals surface area contributed by atoms with Crippen molar-refractivity contribution in [1.29, 1.82) is 0 Å². The summed E-state index contributed by atoms with van der Waals surface area (Å²) < 4.78 is 8.04. The SMILES string of the molecule is Cc1cc(CNCc2cnn(C)c2NC(=O)OC(C)(C)C)ccc1Br. The Labute approximate surface area is 157 Å². The van der Waals surface area contributed by atoms with E-state index in [2.05, 4.69) is 50.7 Å². The molecular formula is C18H25BrN4O2. The monoisotopic (exact) mass is 408 g/mol. The van der Waals surface area contributed by atoms with Crippen molar-refractivity contribution in [3.63, 3.8) is 0 Å². The molecule has 0 bridgehead atoms. The predicted octanol–water partition coefficient (Wildman–Crippen LogP) is 4.13. The first-order chi connectivity index (χ1) is 11.7. The van der Waals surface area contributed by atoms with Gasteiger partial charge in [0.25, 0.3) is 0 Å². The molecule has 0 aliphatic carbocycles. The van der Waals surface area contributed by atoms with E-state index in [-0.39, 0.29) is 0 Å². The minimum atomic E-state index is -0.541. The lowest BCUT2D eigenvalue weighted by molar-refractivity contribution is 0.0634. The number of carbonyl (C=O) groups is 1. The van der Waals surface area contributed by atoms with Crippen LogP contribution in [0.5, 0.6) is 0 Å². The van der Waals surface area contributed by atoms with Crippen molar-refractivity contribution >= 4 is 27.8 Å². The number of hydrogen-bond acceptors (Lipinski definition) is 4. The summed E-state index contributed by atoms with van der Waals surface area (Å²) in [5, 5.41) is 10.4. The Morgan fingerprint density at radius 1 is 1.32 bits per heavy atom.